The highest BCUT2D eigenvalue weighted by Crippen LogP contribution is 1.79. The van der Waals surface area contributed by atoms with Crippen molar-refractivity contribution in [2.75, 3.05) is 59.3 Å². The number of aliphatic hydroxyl groups is 6. The number of rotatable bonds is 9. The van der Waals surface area contributed by atoms with Crippen molar-refractivity contribution in [2.24, 2.45) is 11.5 Å². The molecule has 0 unspecified atom stereocenters. The fraction of sp³-hybridized carbons (Fsp3) is 0.800. The molecule has 0 aliphatic heterocycles. The van der Waals surface area contributed by atoms with Crippen molar-refractivity contribution in [3.63, 3.8) is 0 Å². The third-order valence-corrected chi connectivity index (χ3v) is 1.75. The number of carbonyl (C=O) groups excluding carboxylic acids is 2. The maximum absolute atomic E-state index is 9.18. The molecule has 0 aromatic heterocycles. The lowest BCUT2D eigenvalue weighted by Crippen LogP contribution is -2.51. The van der Waals surface area contributed by atoms with Gasteiger partial charge in [-0.25, -0.2) is 10.5 Å². The fourth-order valence-electron chi connectivity index (χ4n) is 0.438. The summed E-state index contributed by atoms with van der Waals surface area (Å²) in [7, 11) is 0. The topological polar surface area (TPSA) is 398 Å². The number of nitrogens with one attached hydrogen (secondary N) is 3. The molecule has 18 N–H and O–H groups in total. The van der Waals surface area contributed by atoms with E-state index in [1.54, 1.807) is 0 Å². The Labute approximate surface area is 236 Å². The largest absolute Gasteiger partial charge is 0.663 e. The number of quaternary nitrogens is 1. The second-order valence-electron chi connectivity index (χ2n) is 4.64. The van der Waals surface area contributed by atoms with Gasteiger partial charge in [-0.05, 0) is 0 Å². The van der Waals surface area contributed by atoms with Gasteiger partial charge in [-0.1, -0.05) is 29.7 Å². The molecule has 0 rings (SSSR count). The maximum Gasteiger partial charge on any atom is 0.373 e. The zero-order valence-electron chi connectivity index (χ0n) is 19.9. The third-order valence-electron chi connectivity index (χ3n) is 1.75. The summed E-state index contributed by atoms with van der Waals surface area (Å²) in [5, 5.41) is 91.3. The minimum atomic E-state index is -0.428. The van der Waals surface area contributed by atoms with E-state index >= 15 is 0 Å². The summed E-state index contributed by atoms with van der Waals surface area (Å²) in [6.07, 6.45) is 0.385. The predicted molar refractivity (Wildman–Crippen MR) is 146 cm³/mol. The molecule has 0 saturated heterocycles. The first-order chi connectivity index (χ1) is 17.1. The first-order valence-corrected chi connectivity index (χ1v) is 9.58. The zero-order valence-corrected chi connectivity index (χ0v) is 19.9. The van der Waals surface area contributed by atoms with Crippen LogP contribution in [0.5, 0.6) is 0 Å². The molecule has 0 radical (unpaired) electrons. The summed E-state index contributed by atoms with van der Waals surface area (Å²) in [5.41, 5.74) is 12.9. The molecule has 20 heteroatoms. The summed E-state index contributed by atoms with van der Waals surface area (Å²) in [4.78, 5) is 26.2. The van der Waals surface area contributed by atoms with Gasteiger partial charge in [0.25, 0.3) is 0 Å². The Bertz CT molecular complexity index is 390. The van der Waals surface area contributed by atoms with E-state index in [9.17, 15) is 5.26 Å². The Morgan fingerprint density at radius 3 is 0.900 bits per heavy atom. The molecule has 252 valence electrons. The van der Waals surface area contributed by atoms with E-state index in [1.165, 1.54) is 0 Å². The van der Waals surface area contributed by atoms with Crippen molar-refractivity contribution in [1.82, 2.24) is 0 Å². The van der Waals surface area contributed by atoms with Crippen LogP contribution in [0, 0.1) is 16.2 Å². The van der Waals surface area contributed by atoms with Crippen LogP contribution < -0.4 is 22.5 Å². The fourth-order valence-corrected chi connectivity index (χ4v) is 0.438. The van der Waals surface area contributed by atoms with Crippen LogP contribution in [0.1, 0.15) is 49.0 Å². The van der Waals surface area contributed by atoms with E-state index in [-0.39, 0.29) is 107 Å². The van der Waals surface area contributed by atoms with Crippen molar-refractivity contribution in [3.8, 4) is 0 Å². The van der Waals surface area contributed by atoms with E-state index < -0.39 is 5.90 Å². The molecule has 0 aromatic rings. The molecule has 0 aliphatic carbocycles. The summed E-state index contributed by atoms with van der Waals surface area (Å²) < 4.78 is 0. The number of hydrogen-bond donors (Lipinski definition) is 14. The minimum Gasteiger partial charge on any atom is -0.663 e. The van der Waals surface area contributed by atoms with Gasteiger partial charge in [0.1, 0.15) is 0 Å². The van der Waals surface area contributed by atoms with Crippen LogP contribution in [0.2, 0.25) is 0 Å². The van der Waals surface area contributed by atoms with Crippen LogP contribution >= 0.6 is 0 Å². The molecule has 0 aromatic carbocycles. The highest BCUT2D eigenvalue weighted by Gasteiger charge is 1.91. The van der Waals surface area contributed by atoms with Crippen LogP contribution in [-0.4, -0.2) is 124 Å². The molecular weight excluding hydrogens is 548 g/mol. The molecule has 0 saturated carbocycles. The van der Waals surface area contributed by atoms with Crippen LogP contribution in [0.25, 0.3) is 0 Å². The van der Waals surface area contributed by atoms with Gasteiger partial charge in [0.15, 0.2) is 5.90 Å². The molecule has 20 nitrogen and oxygen atoms in total. The first kappa shape index (κ1) is 71.1. The smallest absolute Gasteiger partial charge is 0.373 e. The normalized spacial score (nSPS) is 6.80. The molecule has 0 atom stereocenters. The van der Waals surface area contributed by atoms with Gasteiger partial charge in [0.05, 0.1) is 59.0 Å². The predicted octanol–water partition coefficient (Wildman–Crippen LogP) is -3.63. The monoisotopic (exact) mass is 606 g/mol. The molecule has 0 heterocycles. The van der Waals surface area contributed by atoms with E-state index in [1.807, 2.05) is 0 Å². The summed E-state index contributed by atoms with van der Waals surface area (Å²) >= 11 is 0. The van der Waals surface area contributed by atoms with Gasteiger partial charge in [-0.3, -0.25) is 16.2 Å². The lowest BCUT2D eigenvalue weighted by Gasteiger charge is -2.05. The Kier molecular flexibility index (Phi) is 162. The van der Waals surface area contributed by atoms with E-state index in [4.69, 9.17) is 78.4 Å². The number of hydrogen-bond acceptors (Lipinski definition) is 19. The van der Waals surface area contributed by atoms with Crippen molar-refractivity contribution in [2.45, 2.75) is 49.0 Å². The van der Waals surface area contributed by atoms with Gasteiger partial charge in [0, 0.05) is 19.5 Å². The average Bonchev–Trinajstić information content (AvgIpc) is 2.90. The van der Waals surface area contributed by atoms with Gasteiger partial charge >= 0.3 is 6.15 Å². The molecule has 0 aliphatic rings. The summed E-state index contributed by atoms with van der Waals surface area (Å²) in [5.74, 6) is -1.06. The minimum absolute atomic E-state index is 0. The SMILES string of the molecule is C.C.C.C.N=C(CCO)OO.N=C(CCO)OO.N=C(CCO)O[O-].NCCO.NCCO.O=C=O.[NH3+]CCO. The van der Waals surface area contributed by atoms with E-state index in [0.717, 1.165) is 0 Å². The molecule has 40 heavy (non-hydrogen) atoms. The highest BCUT2D eigenvalue weighted by molar-refractivity contribution is 5.72. The average molecular weight is 607 g/mol. The van der Waals surface area contributed by atoms with Crippen molar-refractivity contribution in [3.05, 3.63) is 0 Å². The first-order valence-electron chi connectivity index (χ1n) is 9.58. The molecule has 0 bridgehead atoms. The number of nitrogens with two attached hydrogens (primary N) is 2. The number of aliphatic hydroxyl groups excluding tert-OH is 6. The quantitative estimate of drug-likeness (QED) is 0.0520. The second kappa shape index (κ2) is 91.0. The van der Waals surface area contributed by atoms with E-state index in [0.29, 0.717) is 19.6 Å². The van der Waals surface area contributed by atoms with Crippen LogP contribution in [0.4, 0.5) is 0 Å². The Hall–Kier alpha value is -2.69. The van der Waals surface area contributed by atoms with E-state index in [2.05, 4.69) is 20.4 Å². The third kappa shape index (κ3) is 177. The van der Waals surface area contributed by atoms with Gasteiger partial charge in [-0.15, -0.1) is 0 Å². The lowest BCUT2D eigenvalue weighted by molar-refractivity contribution is -0.650. The van der Waals surface area contributed by atoms with Crippen LogP contribution in [0.15, 0.2) is 0 Å². The maximum atomic E-state index is 9.18. The van der Waals surface area contributed by atoms with Gasteiger partial charge < -0.3 is 67.8 Å². The summed E-state index contributed by atoms with van der Waals surface area (Å²) in [6.45, 7) is 1.24. The van der Waals surface area contributed by atoms with Crippen molar-refractivity contribution < 1.29 is 76.4 Å². The van der Waals surface area contributed by atoms with Crippen LogP contribution in [0.3, 0.4) is 0 Å². The molecular formula is C20H58N6O14. The zero-order chi connectivity index (χ0) is 30.0. The molecule has 0 fully saturated rings. The lowest BCUT2D eigenvalue weighted by atomic mass is 10.5. The Balaban J connectivity index is -0.0000000274. The highest BCUT2D eigenvalue weighted by atomic mass is 17.1. The molecule has 0 amide bonds. The Morgan fingerprint density at radius 2 is 0.850 bits per heavy atom. The van der Waals surface area contributed by atoms with Gasteiger partial charge in [-0.2, -0.15) is 9.59 Å². The van der Waals surface area contributed by atoms with Gasteiger partial charge in [0.2, 0.25) is 11.8 Å². The molecule has 0 spiro atoms. The standard InChI is InChI=1S/3C3H7NO3.3C2H7NO.CO2.4CH4/c3*4-3(7-6)1-2-5;3*3-1-2-4;2-1-3;;;;/h3*4-6H,1-2H2;3*4H,1-3H2;;4*1H4. The van der Waals surface area contributed by atoms with Crippen molar-refractivity contribution in [1.29, 1.82) is 16.2 Å². The van der Waals surface area contributed by atoms with Crippen molar-refractivity contribution >= 4 is 23.8 Å². The second-order valence-corrected chi connectivity index (χ2v) is 4.64. The van der Waals surface area contributed by atoms with Crippen LogP contribution in [-0.2, 0) is 24.3 Å². The summed E-state index contributed by atoms with van der Waals surface area (Å²) in [6, 6.07) is 0. The Morgan fingerprint density at radius 1 is 0.650 bits per heavy atom.